The summed E-state index contributed by atoms with van der Waals surface area (Å²) in [6.07, 6.45) is 7.66. The van der Waals surface area contributed by atoms with Crippen molar-refractivity contribution in [3.63, 3.8) is 0 Å². The van der Waals surface area contributed by atoms with Crippen LogP contribution in [0, 0.1) is 11.3 Å². The molecule has 0 amide bonds. The first kappa shape index (κ1) is 13.6. The van der Waals surface area contributed by atoms with E-state index in [-0.39, 0.29) is 0 Å². The highest BCUT2D eigenvalue weighted by Crippen LogP contribution is 2.40. The first-order chi connectivity index (χ1) is 9.59. The van der Waals surface area contributed by atoms with Crippen LogP contribution in [0.3, 0.4) is 0 Å². The van der Waals surface area contributed by atoms with E-state index in [1.807, 2.05) is 12.4 Å². The van der Waals surface area contributed by atoms with E-state index < -0.39 is 11.4 Å². The zero-order valence-corrected chi connectivity index (χ0v) is 12.1. The second-order valence-corrected chi connectivity index (χ2v) is 6.53. The number of carbonyl (C=O) groups is 1. The maximum atomic E-state index is 11.8. The number of carboxylic acids is 1. The monoisotopic (exact) mass is 277 g/mol. The van der Waals surface area contributed by atoms with Gasteiger partial charge in [0.05, 0.1) is 12.0 Å². The average molecular weight is 277 g/mol. The van der Waals surface area contributed by atoms with Crippen molar-refractivity contribution >= 4 is 5.97 Å². The first-order valence-corrected chi connectivity index (χ1v) is 7.55. The quantitative estimate of drug-likeness (QED) is 0.918. The maximum Gasteiger partial charge on any atom is 0.310 e. The molecule has 1 aliphatic carbocycles. The molecule has 1 aromatic heterocycles. The summed E-state index contributed by atoms with van der Waals surface area (Å²) in [5.74, 6) is 0.963. The van der Waals surface area contributed by atoms with E-state index in [4.69, 9.17) is 0 Å². The van der Waals surface area contributed by atoms with Crippen molar-refractivity contribution < 1.29 is 9.90 Å². The number of aliphatic carboxylic acids is 1. The Kier molecular flexibility index (Phi) is 3.54. The molecule has 2 heterocycles. The Balaban J connectivity index is 1.73. The Labute approximate surface area is 119 Å². The third kappa shape index (κ3) is 2.46. The predicted molar refractivity (Wildman–Crippen MR) is 75.2 cm³/mol. The predicted octanol–water partition coefficient (Wildman–Crippen LogP) is 1.98. The average Bonchev–Trinajstić information content (AvgIpc) is 2.86. The van der Waals surface area contributed by atoms with Gasteiger partial charge in [-0.1, -0.05) is 19.8 Å². The molecule has 1 N–H and O–H groups in total. The van der Waals surface area contributed by atoms with E-state index in [0.29, 0.717) is 12.5 Å². The second kappa shape index (κ2) is 5.20. The van der Waals surface area contributed by atoms with Crippen LogP contribution in [0.25, 0.3) is 0 Å². The minimum atomic E-state index is -0.613. The fourth-order valence-electron chi connectivity index (χ4n) is 3.85. The fourth-order valence-corrected chi connectivity index (χ4v) is 3.85. The van der Waals surface area contributed by atoms with Crippen LogP contribution < -0.4 is 0 Å². The number of carboxylic acid groups (broad SMARTS) is 1. The molecular formula is C15H23N3O2. The fraction of sp³-hybridized carbons (Fsp3) is 0.733. The number of imidazole rings is 1. The van der Waals surface area contributed by atoms with E-state index in [1.54, 1.807) is 0 Å². The van der Waals surface area contributed by atoms with Crippen LogP contribution in [0.15, 0.2) is 12.4 Å². The third-order valence-corrected chi connectivity index (χ3v) is 4.90. The molecule has 0 spiro atoms. The van der Waals surface area contributed by atoms with Crippen LogP contribution in [-0.2, 0) is 17.9 Å². The summed E-state index contributed by atoms with van der Waals surface area (Å²) in [5, 5.41) is 9.74. The molecule has 2 aliphatic rings. The van der Waals surface area contributed by atoms with Crippen LogP contribution in [-0.4, -0.2) is 38.6 Å². The van der Waals surface area contributed by atoms with Crippen LogP contribution >= 0.6 is 0 Å². The van der Waals surface area contributed by atoms with Crippen molar-refractivity contribution in [1.82, 2.24) is 14.5 Å². The molecule has 1 aliphatic heterocycles. The summed E-state index contributed by atoms with van der Waals surface area (Å²) in [5.41, 5.74) is -0.549. The van der Waals surface area contributed by atoms with Gasteiger partial charge in [0.25, 0.3) is 0 Å². The van der Waals surface area contributed by atoms with Gasteiger partial charge in [-0.25, -0.2) is 4.98 Å². The van der Waals surface area contributed by atoms with Crippen molar-refractivity contribution in [2.75, 3.05) is 13.1 Å². The topological polar surface area (TPSA) is 58.4 Å². The Hall–Kier alpha value is -1.36. The normalized spacial score (nSPS) is 30.9. The Morgan fingerprint density at radius 3 is 3.15 bits per heavy atom. The number of rotatable bonds is 3. The molecule has 5 heteroatoms. The van der Waals surface area contributed by atoms with Gasteiger partial charge in [0.15, 0.2) is 0 Å². The molecule has 5 nitrogen and oxygen atoms in total. The molecule has 1 fully saturated rings. The Morgan fingerprint density at radius 2 is 2.40 bits per heavy atom. The summed E-state index contributed by atoms with van der Waals surface area (Å²) in [6.45, 7) is 5.46. The van der Waals surface area contributed by atoms with Crippen molar-refractivity contribution in [2.45, 2.75) is 45.7 Å². The van der Waals surface area contributed by atoms with Crippen LogP contribution in [0.2, 0.25) is 0 Å². The second-order valence-electron chi connectivity index (χ2n) is 6.53. The summed E-state index contributed by atoms with van der Waals surface area (Å²) in [4.78, 5) is 18.5. The van der Waals surface area contributed by atoms with Crippen molar-refractivity contribution in [3.05, 3.63) is 18.2 Å². The lowest BCUT2D eigenvalue weighted by molar-refractivity contribution is -0.154. The Bertz CT molecular complexity index is 499. The lowest BCUT2D eigenvalue weighted by Crippen LogP contribution is -2.47. The SMILES string of the molecule is CC1CCCC(CN2CCn3ccnc3C2)(C(=O)O)C1. The van der Waals surface area contributed by atoms with Gasteiger partial charge in [0.2, 0.25) is 0 Å². The summed E-state index contributed by atoms with van der Waals surface area (Å²) < 4.78 is 2.16. The zero-order chi connectivity index (χ0) is 14.2. The van der Waals surface area contributed by atoms with E-state index in [2.05, 4.69) is 21.4 Å². The largest absolute Gasteiger partial charge is 0.481 e. The molecule has 110 valence electrons. The van der Waals surface area contributed by atoms with Gasteiger partial charge >= 0.3 is 5.97 Å². The lowest BCUT2D eigenvalue weighted by atomic mass is 9.69. The van der Waals surface area contributed by atoms with E-state index >= 15 is 0 Å². The van der Waals surface area contributed by atoms with Gasteiger partial charge in [0, 0.05) is 32.0 Å². The lowest BCUT2D eigenvalue weighted by Gasteiger charge is -2.41. The number of hydrogen-bond acceptors (Lipinski definition) is 3. The molecule has 1 saturated carbocycles. The van der Waals surface area contributed by atoms with E-state index in [0.717, 1.165) is 44.7 Å². The number of aromatic nitrogens is 2. The maximum absolute atomic E-state index is 11.8. The van der Waals surface area contributed by atoms with Gasteiger partial charge < -0.3 is 9.67 Å². The molecule has 2 unspecified atom stereocenters. The van der Waals surface area contributed by atoms with Gasteiger partial charge in [-0.05, 0) is 18.8 Å². The molecular weight excluding hydrogens is 254 g/mol. The van der Waals surface area contributed by atoms with Crippen LogP contribution in [0.1, 0.15) is 38.4 Å². The van der Waals surface area contributed by atoms with E-state index in [1.165, 1.54) is 6.42 Å². The van der Waals surface area contributed by atoms with Crippen molar-refractivity contribution in [1.29, 1.82) is 0 Å². The van der Waals surface area contributed by atoms with Gasteiger partial charge in [-0.3, -0.25) is 9.69 Å². The number of fused-ring (bicyclic) bond motifs is 1. The smallest absolute Gasteiger partial charge is 0.310 e. The van der Waals surface area contributed by atoms with Crippen LogP contribution in [0.5, 0.6) is 0 Å². The highest BCUT2D eigenvalue weighted by molar-refractivity contribution is 5.75. The molecule has 0 bridgehead atoms. The van der Waals surface area contributed by atoms with Gasteiger partial charge in [-0.2, -0.15) is 0 Å². The summed E-state index contributed by atoms with van der Waals surface area (Å²) >= 11 is 0. The standard InChI is InChI=1S/C15H23N3O2/c1-12-3-2-4-15(9-12,14(19)20)11-17-7-8-18-6-5-16-13(18)10-17/h5-6,12H,2-4,7-11H2,1H3,(H,19,20). The van der Waals surface area contributed by atoms with Gasteiger partial charge in [0.1, 0.15) is 5.82 Å². The van der Waals surface area contributed by atoms with Crippen molar-refractivity contribution in [2.24, 2.45) is 11.3 Å². The highest BCUT2D eigenvalue weighted by Gasteiger charge is 2.43. The molecule has 0 aromatic carbocycles. The first-order valence-electron chi connectivity index (χ1n) is 7.55. The molecule has 1 aromatic rings. The molecule has 0 radical (unpaired) electrons. The van der Waals surface area contributed by atoms with Crippen LogP contribution in [0.4, 0.5) is 0 Å². The third-order valence-electron chi connectivity index (χ3n) is 4.90. The minimum absolute atomic E-state index is 0.520. The highest BCUT2D eigenvalue weighted by atomic mass is 16.4. The number of nitrogens with zero attached hydrogens (tertiary/aromatic N) is 3. The molecule has 0 saturated heterocycles. The van der Waals surface area contributed by atoms with E-state index in [9.17, 15) is 9.90 Å². The molecule has 20 heavy (non-hydrogen) atoms. The molecule has 2 atom stereocenters. The minimum Gasteiger partial charge on any atom is -0.481 e. The van der Waals surface area contributed by atoms with Gasteiger partial charge in [-0.15, -0.1) is 0 Å². The number of hydrogen-bond donors (Lipinski definition) is 1. The summed E-state index contributed by atoms with van der Waals surface area (Å²) in [6, 6.07) is 0. The van der Waals surface area contributed by atoms with Crippen molar-refractivity contribution in [3.8, 4) is 0 Å². The zero-order valence-electron chi connectivity index (χ0n) is 12.1. The summed E-state index contributed by atoms with van der Waals surface area (Å²) in [7, 11) is 0. The Morgan fingerprint density at radius 1 is 1.55 bits per heavy atom. The molecule has 3 rings (SSSR count).